The Morgan fingerprint density at radius 1 is 1.28 bits per heavy atom. The van der Waals surface area contributed by atoms with E-state index in [4.69, 9.17) is 20.8 Å². The van der Waals surface area contributed by atoms with Crippen molar-refractivity contribution in [2.75, 3.05) is 0 Å². The minimum Gasteiger partial charge on any atom is -0.458 e. The van der Waals surface area contributed by atoms with Crippen LogP contribution < -0.4 is 5.63 Å². The molecule has 6 nitrogen and oxygen atoms in total. The van der Waals surface area contributed by atoms with Gasteiger partial charge in [0.15, 0.2) is 5.15 Å². The average molecular weight is 409 g/mol. The first-order valence-electron chi connectivity index (χ1n) is 9.08. The molecule has 0 aliphatic heterocycles. The zero-order chi connectivity index (χ0) is 20.4. The minimum absolute atomic E-state index is 0.0440. The van der Waals surface area contributed by atoms with E-state index in [0.29, 0.717) is 27.6 Å². The molecule has 0 aliphatic rings. The van der Waals surface area contributed by atoms with Gasteiger partial charge in [0.05, 0.1) is 5.69 Å². The van der Waals surface area contributed by atoms with Crippen molar-refractivity contribution in [2.24, 2.45) is 0 Å². The molecule has 7 heteroatoms. The van der Waals surface area contributed by atoms with E-state index in [-0.39, 0.29) is 6.61 Å². The summed E-state index contributed by atoms with van der Waals surface area (Å²) < 4.78 is 12.4. The van der Waals surface area contributed by atoms with Gasteiger partial charge in [0.25, 0.3) is 0 Å². The summed E-state index contributed by atoms with van der Waals surface area (Å²) >= 11 is 6.15. The highest BCUT2D eigenvalue weighted by molar-refractivity contribution is 6.31. The number of ether oxygens (including phenoxy) is 1. The van der Waals surface area contributed by atoms with E-state index < -0.39 is 11.6 Å². The van der Waals surface area contributed by atoms with Crippen LogP contribution in [0.3, 0.4) is 0 Å². The number of aromatic nitrogens is 2. The number of pyridine rings is 1. The maximum absolute atomic E-state index is 12.2. The van der Waals surface area contributed by atoms with Crippen LogP contribution in [0.5, 0.6) is 0 Å². The third-order valence-electron chi connectivity index (χ3n) is 4.57. The zero-order valence-electron chi connectivity index (χ0n) is 15.6. The van der Waals surface area contributed by atoms with E-state index in [1.807, 2.05) is 43.3 Å². The van der Waals surface area contributed by atoms with E-state index >= 15 is 0 Å². The minimum atomic E-state index is -0.557. The van der Waals surface area contributed by atoms with Gasteiger partial charge in [0, 0.05) is 29.3 Å². The summed E-state index contributed by atoms with van der Waals surface area (Å²) in [4.78, 5) is 28.3. The van der Waals surface area contributed by atoms with E-state index in [1.165, 1.54) is 12.1 Å². The lowest BCUT2D eigenvalue weighted by molar-refractivity contribution is -0.138. The molecule has 29 heavy (non-hydrogen) atoms. The van der Waals surface area contributed by atoms with Gasteiger partial charge >= 0.3 is 11.6 Å². The second-order valence-corrected chi connectivity index (χ2v) is 6.79. The van der Waals surface area contributed by atoms with Crippen molar-refractivity contribution in [1.29, 1.82) is 0 Å². The molecule has 0 fully saturated rings. The number of fused-ring (bicyclic) bond motifs is 2. The maximum atomic E-state index is 12.2. The number of hydrogen-bond donors (Lipinski definition) is 0. The monoisotopic (exact) mass is 408 g/mol. The van der Waals surface area contributed by atoms with Crippen LogP contribution in [0.25, 0.3) is 22.7 Å². The SMILES string of the molecule is CCc1ccc2c(COC(=O)/C=C/c3c(Cl)nc4ccccn34)cc(=O)oc2c1. The van der Waals surface area contributed by atoms with Gasteiger partial charge in [-0.2, -0.15) is 0 Å². The van der Waals surface area contributed by atoms with Crippen LogP contribution >= 0.6 is 11.6 Å². The Bertz CT molecular complexity index is 1300. The molecule has 0 radical (unpaired) electrons. The molecular formula is C22H17ClN2O4. The van der Waals surface area contributed by atoms with Gasteiger partial charge in [-0.1, -0.05) is 36.7 Å². The Labute approximate surface area is 171 Å². The maximum Gasteiger partial charge on any atom is 0.336 e. The summed E-state index contributed by atoms with van der Waals surface area (Å²) in [5, 5.41) is 1.03. The first-order valence-corrected chi connectivity index (χ1v) is 9.46. The van der Waals surface area contributed by atoms with Gasteiger partial charge in [-0.3, -0.25) is 4.40 Å². The lowest BCUT2D eigenvalue weighted by Crippen LogP contribution is -2.06. The molecular weight excluding hydrogens is 392 g/mol. The molecule has 3 heterocycles. The van der Waals surface area contributed by atoms with Gasteiger partial charge in [0.1, 0.15) is 17.8 Å². The molecule has 0 saturated heterocycles. The third-order valence-corrected chi connectivity index (χ3v) is 4.85. The normalized spacial score (nSPS) is 11.5. The van der Waals surface area contributed by atoms with Crippen molar-refractivity contribution in [3.8, 4) is 0 Å². The van der Waals surface area contributed by atoms with E-state index in [2.05, 4.69) is 4.98 Å². The molecule has 4 rings (SSSR count). The summed E-state index contributed by atoms with van der Waals surface area (Å²) in [6, 6.07) is 12.5. The smallest absolute Gasteiger partial charge is 0.336 e. The fraction of sp³-hybridized carbons (Fsp3) is 0.136. The third kappa shape index (κ3) is 3.93. The fourth-order valence-corrected chi connectivity index (χ4v) is 3.33. The highest BCUT2D eigenvalue weighted by Gasteiger charge is 2.10. The number of benzene rings is 1. The van der Waals surface area contributed by atoms with Crippen LogP contribution in [0.15, 0.2) is 63.9 Å². The van der Waals surface area contributed by atoms with Gasteiger partial charge in [-0.25, -0.2) is 14.6 Å². The fourth-order valence-electron chi connectivity index (χ4n) is 3.09. The Kier molecular flexibility index (Phi) is 5.18. The van der Waals surface area contributed by atoms with E-state index in [0.717, 1.165) is 17.4 Å². The van der Waals surface area contributed by atoms with Crippen molar-refractivity contribution in [3.63, 3.8) is 0 Å². The number of rotatable bonds is 5. The molecule has 0 bridgehead atoms. The molecule has 0 spiro atoms. The zero-order valence-corrected chi connectivity index (χ0v) is 16.3. The lowest BCUT2D eigenvalue weighted by atomic mass is 10.1. The van der Waals surface area contributed by atoms with Crippen LogP contribution in [0.2, 0.25) is 5.15 Å². The highest BCUT2D eigenvalue weighted by atomic mass is 35.5. The Hall–Kier alpha value is -3.38. The predicted molar refractivity (Wildman–Crippen MR) is 111 cm³/mol. The number of aryl methyl sites for hydroxylation is 1. The van der Waals surface area contributed by atoms with Crippen LogP contribution in [0.4, 0.5) is 0 Å². The number of nitrogens with zero attached hydrogens (tertiary/aromatic N) is 2. The van der Waals surface area contributed by atoms with Gasteiger partial charge in [0.2, 0.25) is 0 Å². The largest absolute Gasteiger partial charge is 0.458 e. The van der Waals surface area contributed by atoms with E-state index in [9.17, 15) is 9.59 Å². The summed E-state index contributed by atoms with van der Waals surface area (Å²) in [6.45, 7) is 1.98. The van der Waals surface area contributed by atoms with Crippen molar-refractivity contribution in [2.45, 2.75) is 20.0 Å². The van der Waals surface area contributed by atoms with Crippen LogP contribution in [0, 0.1) is 0 Å². The van der Waals surface area contributed by atoms with Crippen LogP contribution in [-0.2, 0) is 22.6 Å². The number of imidazole rings is 1. The molecule has 0 atom stereocenters. The number of carbonyl (C=O) groups excluding carboxylic acids is 1. The van der Waals surface area contributed by atoms with E-state index in [1.54, 1.807) is 16.7 Å². The molecule has 0 unspecified atom stereocenters. The molecule has 0 saturated carbocycles. The summed E-state index contributed by atoms with van der Waals surface area (Å²) in [5.74, 6) is -0.557. The standard InChI is InChI=1S/C22H17ClN2O4/c1-2-14-6-7-16-15(12-21(27)29-18(16)11-14)13-28-20(26)9-8-17-22(23)24-19-5-3-4-10-25(17)19/h3-12H,2,13H2,1H3/b9-8+. The molecule has 3 aromatic heterocycles. The lowest BCUT2D eigenvalue weighted by Gasteiger charge is -2.07. The first-order chi connectivity index (χ1) is 14.0. The Balaban J connectivity index is 1.53. The number of hydrogen-bond acceptors (Lipinski definition) is 5. The van der Waals surface area contributed by atoms with Crippen LogP contribution in [0.1, 0.15) is 23.7 Å². The van der Waals surface area contributed by atoms with Gasteiger partial charge in [-0.05, 0) is 36.3 Å². The highest BCUT2D eigenvalue weighted by Crippen LogP contribution is 2.21. The summed E-state index contributed by atoms with van der Waals surface area (Å²) in [7, 11) is 0. The molecule has 0 N–H and O–H groups in total. The van der Waals surface area contributed by atoms with Gasteiger partial charge in [-0.15, -0.1) is 0 Å². The quantitative estimate of drug-likeness (QED) is 0.278. The summed E-state index contributed by atoms with van der Waals surface area (Å²) in [6.07, 6.45) is 5.47. The second kappa shape index (κ2) is 7.93. The van der Waals surface area contributed by atoms with Crippen LogP contribution in [-0.4, -0.2) is 15.4 Å². The topological polar surface area (TPSA) is 73.8 Å². The molecule has 4 aromatic rings. The van der Waals surface area contributed by atoms with Crippen molar-refractivity contribution in [3.05, 3.63) is 87.1 Å². The van der Waals surface area contributed by atoms with Crippen molar-refractivity contribution < 1.29 is 13.9 Å². The number of esters is 1. The molecule has 146 valence electrons. The summed E-state index contributed by atoms with van der Waals surface area (Å²) in [5.41, 5.74) is 2.91. The van der Waals surface area contributed by atoms with Crippen molar-refractivity contribution in [1.82, 2.24) is 9.38 Å². The second-order valence-electron chi connectivity index (χ2n) is 6.43. The number of carbonyl (C=O) groups is 1. The average Bonchev–Trinajstić information content (AvgIpc) is 3.04. The Morgan fingerprint density at radius 2 is 2.14 bits per heavy atom. The molecule has 0 aliphatic carbocycles. The first kappa shape index (κ1) is 19.0. The Morgan fingerprint density at radius 3 is 2.97 bits per heavy atom. The predicted octanol–water partition coefficient (Wildman–Crippen LogP) is 4.41. The number of halogens is 1. The van der Waals surface area contributed by atoms with Gasteiger partial charge < -0.3 is 9.15 Å². The molecule has 0 amide bonds. The molecule has 1 aromatic carbocycles. The van der Waals surface area contributed by atoms with Crippen molar-refractivity contribution >= 4 is 40.3 Å².